The van der Waals surface area contributed by atoms with Crippen molar-refractivity contribution in [2.45, 2.75) is 45.1 Å². The van der Waals surface area contributed by atoms with Crippen molar-refractivity contribution in [3.63, 3.8) is 0 Å². The number of nitrogens with zero attached hydrogens (tertiary/aromatic N) is 1. The van der Waals surface area contributed by atoms with Gasteiger partial charge in [0.15, 0.2) is 0 Å². The molecule has 18 heavy (non-hydrogen) atoms. The quantitative estimate of drug-likeness (QED) is 0.529. The Bertz CT molecular complexity index is 259. The van der Waals surface area contributed by atoms with Crippen molar-refractivity contribution >= 4 is 14.5 Å². The molecule has 0 bridgehead atoms. The van der Waals surface area contributed by atoms with E-state index in [2.05, 4.69) is 6.92 Å². The van der Waals surface area contributed by atoms with Gasteiger partial charge in [0.25, 0.3) is 0 Å². The highest BCUT2D eigenvalue weighted by Gasteiger charge is 2.36. The lowest BCUT2D eigenvalue weighted by atomic mass is 9.89. The van der Waals surface area contributed by atoms with Gasteiger partial charge in [-0.05, 0) is 31.6 Å². The largest absolute Gasteiger partial charge is 0.500 e. The fourth-order valence-corrected chi connectivity index (χ4v) is 4.18. The lowest BCUT2D eigenvalue weighted by molar-refractivity contribution is 0.123. The van der Waals surface area contributed by atoms with Crippen LogP contribution >= 0.6 is 0 Å². The summed E-state index contributed by atoms with van der Waals surface area (Å²) in [5.41, 5.74) is 1.40. The third kappa shape index (κ3) is 4.46. The molecule has 1 fully saturated rings. The highest BCUT2D eigenvalue weighted by Crippen LogP contribution is 2.21. The molecule has 1 rings (SSSR count). The molecule has 0 N–H and O–H groups in total. The number of aliphatic imine (C=N–C) groups is 1. The summed E-state index contributed by atoms with van der Waals surface area (Å²) >= 11 is 0. The molecule has 0 saturated heterocycles. The average molecular weight is 273 g/mol. The smallest absolute Gasteiger partial charge is 0.377 e. The van der Waals surface area contributed by atoms with Crippen molar-refractivity contribution in [3.8, 4) is 0 Å². The summed E-state index contributed by atoms with van der Waals surface area (Å²) in [7, 11) is 2.59. The fraction of sp³-hybridized carbons (Fsp3) is 0.923. The van der Waals surface area contributed by atoms with E-state index in [9.17, 15) is 0 Å². The van der Waals surface area contributed by atoms with Crippen molar-refractivity contribution in [2.24, 2.45) is 10.9 Å². The van der Waals surface area contributed by atoms with E-state index in [4.69, 9.17) is 18.3 Å². The molecule has 0 spiro atoms. The second-order valence-corrected chi connectivity index (χ2v) is 8.01. The summed E-state index contributed by atoms with van der Waals surface area (Å²) in [6, 6.07) is 0.835. The lowest BCUT2D eigenvalue weighted by Gasteiger charge is -2.24. The molecular formula is C13H27NO3Si. The van der Waals surface area contributed by atoms with E-state index in [0.29, 0.717) is 5.92 Å². The third-order valence-corrected chi connectivity index (χ3v) is 6.61. The Morgan fingerprint density at radius 3 is 2.39 bits per heavy atom. The van der Waals surface area contributed by atoms with Gasteiger partial charge in [0.05, 0.1) is 0 Å². The Morgan fingerprint density at radius 2 is 1.83 bits per heavy atom. The van der Waals surface area contributed by atoms with Crippen LogP contribution in [-0.2, 0) is 13.3 Å². The average Bonchev–Trinajstić information content (AvgIpc) is 2.42. The molecule has 0 radical (unpaired) electrons. The van der Waals surface area contributed by atoms with Gasteiger partial charge < -0.3 is 13.3 Å². The molecule has 0 aromatic rings. The molecule has 0 aliphatic heterocycles. The van der Waals surface area contributed by atoms with E-state index in [0.717, 1.165) is 19.0 Å². The van der Waals surface area contributed by atoms with Gasteiger partial charge in [0.1, 0.15) is 0 Å². The maximum Gasteiger partial charge on any atom is 0.500 e. The van der Waals surface area contributed by atoms with E-state index in [1.807, 2.05) is 0 Å². The fourth-order valence-electron chi connectivity index (χ4n) is 2.48. The summed E-state index contributed by atoms with van der Waals surface area (Å²) in [5.74, 6) is 0.674. The second kappa shape index (κ2) is 8.04. The zero-order valence-corrected chi connectivity index (χ0v) is 13.2. The van der Waals surface area contributed by atoms with Gasteiger partial charge >= 0.3 is 8.80 Å². The highest BCUT2D eigenvalue weighted by molar-refractivity contribution is 6.60. The van der Waals surface area contributed by atoms with Gasteiger partial charge in [-0.2, -0.15) is 0 Å². The highest BCUT2D eigenvalue weighted by atomic mass is 28.4. The molecule has 0 aromatic carbocycles. The van der Waals surface area contributed by atoms with Crippen molar-refractivity contribution < 1.29 is 13.3 Å². The van der Waals surface area contributed by atoms with E-state index in [1.165, 1.54) is 31.4 Å². The maximum absolute atomic E-state index is 5.40. The van der Waals surface area contributed by atoms with Crippen LogP contribution in [0, 0.1) is 5.92 Å². The molecule has 5 heteroatoms. The Morgan fingerprint density at radius 1 is 1.17 bits per heavy atom. The van der Waals surface area contributed by atoms with Crippen LogP contribution in [0.25, 0.3) is 0 Å². The van der Waals surface area contributed by atoms with Crippen LogP contribution in [0.3, 0.4) is 0 Å². The predicted molar refractivity (Wildman–Crippen MR) is 76.1 cm³/mol. The van der Waals surface area contributed by atoms with Crippen LogP contribution in [0.15, 0.2) is 4.99 Å². The van der Waals surface area contributed by atoms with Gasteiger partial charge in [-0.25, -0.2) is 0 Å². The Hall–Kier alpha value is -0.233. The van der Waals surface area contributed by atoms with Crippen LogP contribution in [-0.4, -0.2) is 42.4 Å². The topological polar surface area (TPSA) is 40.0 Å². The van der Waals surface area contributed by atoms with Crippen molar-refractivity contribution in [1.29, 1.82) is 0 Å². The van der Waals surface area contributed by atoms with Crippen LogP contribution in [0.4, 0.5) is 0 Å². The standard InChI is InChI=1S/C13H27NO3Si/c1-12-8-5-6-9-13(12)14-10-7-11-18(15-2,16-3)17-4/h12H,5-11H2,1-4H3. The molecule has 0 heterocycles. The SMILES string of the molecule is CO[Si](CCCN=C1CCCCC1C)(OC)OC. The van der Waals surface area contributed by atoms with Gasteiger partial charge in [-0.15, -0.1) is 0 Å². The minimum atomic E-state index is -2.39. The number of rotatable bonds is 7. The molecule has 1 unspecified atom stereocenters. The van der Waals surface area contributed by atoms with Gasteiger partial charge in [0, 0.05) is 39.6 Å². The first-order valence-electron chi connectivity index (χ1n) is 6.86. The van der Waals surface area contributed by atoms with Crippen LogP contribution in [0.5, 0.6) is 0 Å². The molecule has 1 saturated carbocycles. The zero-order chi connectivity index (χ0) is 13.4. The van der Waals surface area contributed by atoms with Crippen LogP contribution in [0.1, 0.15) is 39.0 Å². The predicted octanol–water partition coefficient (Wildman–Crippen LogP) is 2.91. The Balaban J connectivity index is 2.34. The molecule has 106 valence electrons. The van der Waals surface area contributed by atoms with Crippen molar-refractivity contribution in [3.05, 3.63) is 0 Å². The first-order chi connectivity index (χ1) is 8.67. The van der Waals surface area contributed by atoms with Crippen LogP contribution in [0.2, 0.25) is 6.04 Å². The van der Waals surface area contributed by atoms with Crippen molar-refractivity contribution in [2.75, 3.05) is 27.9 Å². The van der Waals surface area contributed by atoms with Crippen LogP contribution < -0.4 is 0 Å². The monoisotopic (exact) mass is 273 g/mol. The normalized spacial score (nSPS) is 23.6. The Labute approximate surface area is 112 Å². The molecular weight excluding hydrogens is 246 g/mol. The van der Waals surface area contributed by atoms with Gasteiger partial charge in [-0.3, -0.25) is 4.99 Å². The molecule has 1 aliphatic rings. The van der Waals surface area contributed by atoms with Crippen molar-refractivity contribution in [1.82, 2.24) is 0 Å². The summed E-state index contributed by atoms with van der Waals surface area (Å²) in [5, 5.41) is 0. The van der Waals surface area contributed by atoms with Gasteiger partial charge in [0.2, 0.25) is 0 Å². The summed E-state index contributed by atoms with van der Waals surface area (Å²) < 4.78 is 16.2. The molecule has 0 amide bonds. The first-order valence-corrected chi connectivity index (χ1v) is 8.79. The van der Waals surface area contributed by atoms with Gasteiger partial charge in [-0.1, -0.05) is 13.3 Å². The van der Waals surface area contributed by atoms with E-state index >= 15 is 0 Å². The third-order valence-electron chi connectivity index (χ3n) is 3.78. The lowest BCUT2D eigenvalue weighted by Crippen LogP contribution is -2.42. The zero-order valence-electron chi connectivity index (χ0n) is 12.2. The minimum absolute atomic E-state index is 0.674. The molecule has 1 aliphatic carbocycles. The second-order valence-electron chi connectivity index (χ2n) is 4.92. The van der Waals surface area contributed by atoms with E-state index in [1.54, 1.807) is 21.3 Å². The Kier molecular flexibility index (Phi) is 7.07. The maximum atomic E-state index is 5.40. The number of hydrogen-bond donors (Lipinski definition) is 0. The molecule has 0 aromatic heterocycles. The van der Waals surface area contributed by atoms with E-state index < -0.39 is 8.80 Å². The first kappa shape index (κ1) is 15.8. The summed E-state index contributed by atoms with van der Waals surface area (Å²) in [6.07, 6.45) is 6.11. The molecule has 1 atom stereocenters. The number of hydrogen-bond acceptors (Lipinski definition) is 4. The molecule has 4 nitrogen and oxygen atoms in total. The van der Waals surface area contributed by atoms with E-state index in [-0.39, 0.29) is 0 Å². The summed E-state index contributed by atoms with van der Waals surface area (Å²) in [4.78, 5) is 4.74. The summed E-state index contributed by atoms with van der Waals surface area (Å²) in [6.45, 7) is 3.15. The minimum Gasteiger partial charge on any atom is -0.377 e.